The second-order valence-electron chi connectivity index (χ2n) is 5.23. The van der Waals surface area contributed by atoms with Crippen LogP contribution in [0, 0.1) is 17.7 Å². The third kappa shape index (κ3) is 4.26. The van der Waals surface area contributed by atoms with E-state index in [0.717, 1.165) is 0 Å². The van der Waals surface area contributed by atoms with Gasteiger partial charge < -0.3 is 15.6 Å². The first-order chi connectivity index (χ1) is 10.1. The molecule has 3 N–H and O–H groups in total. The predicted molar refractivity (Wildman–Crippen MR) is 79.0 cm³/mol. The zero-order chi connectivity index (χ0) is 15.2. The van der Waals surface area contributed by atoms with Crippen LogP contribution >= 0.6 is 0 Å². The fourth-order valence-corrected chi connectivity index (χ4v) is 2.33. The molecule has 4 nitrogen and oxygen atoms in total. The van der Waals surface area contributed by atoms with Crippen molar-refractivity contribution < 1.29 is 14.2 Å². The number of morpholine rings is 1. The van der Waals surface area contributed by atoms with Gasteiger partial charge in [-0.3, -0.25) is 4.90 Å². The third-order valence-electron chi connectivity index (χ3n) is 3.60. The summed E-state index contributed by atoms with van der Waals surface area (Å²) in [7, 11) is 0. The number of benzene rings is 1. The largest absolute Gasteiger partial charge is 0.394 e. The summed E-state index contributed by atoms with van der Waals surface area (Å²) in [4.78, 5) is 2.12. The molecular weight excluding hydrogens is 271 g/mol. The lowest BCUT2D eigenvalue weighted by Crippen LogP contribution is -2.48. The molecule has 0 aliphatic carbocycles. The Bertz CT molecular complexity index is 539. The average molecular weight is 292 g/mol. The van der Waals surface area contributed by atoms with Crippen LogP contribution in [-0.4, -0.2) is 48.5 Å². The number of rotatable bonds is 3. The molecule has 0 bridgehead atoms. The molecule has 1 aliphatic heterocycles. The molecule has 21 heavy (non-hydrogen) atoms. The quantitative estimate of drug-likeness (QED) is 0.806. The maximum atomic E-state index is 14.1. The Labute approximate surface area is 124 Å². The zero-order valence-electron chi connectivity index (χ0n) is 12.2. The lowest BCUT2D eigenvalue weighted by molar-refractivity contribution is -0.0807. The average Bonchev–Trinajstić information content (AvgIpc) is 2.49. The van der Waals surface area contributed by atoms with E-state index in [1.807, 2.05) is 6.92 Å². The first-order valence-corrected chi connectivity index (χ1v) is 7.08. The Kier molecular flexibility index (Phi) is 5.71. The van der Waals surface area contributed by atoms with E-state index >= 15 is 0 Å². The summed E-state index contributed by atoms with van der Waals surface area (Å²) in [5, 5.41) is 9.18. The standard InChI is InChI=1S/C16H21FN2O2/c1-12-11-21-15(10-20)9-19(12)8-14-5-4-13(3-2-6-18)7-16(14)17/h4-5,7,12,15,20H,6,8-11,18H2,1H3. The van der Waals surface area contributed by atoms with Crippen LogP contribution in [0.4, 0.5) is 4.39 Å². The summed E-state index contributed by atoms with van der Waals surface area (Å²) in [6.07, 6.45) is -0.195. The first kappa shape index (κ1) is 15.9. The minimum Gasteiger partial charge on any atom is -0.394 e. The smallest absolute Gasteiger partial charge is 0.128 e. The highest BCUT2D eigenvalue weighted by Crippen LogP contribution is 2.18. The van der Waals surface area contributed by atoms with Crippen molar-refractivity contribution in [3.8, 4) is 11.8 Å². The maximum absolute atomic E-state index is 14.1. The van der Waals surface area contributed by atoms with E-state index in [0.29, 0.717) is 30.8 Å². The Morgan fingerprint density at radius 1 is 1.52 bits per heavy atom. The summed E-state index contributed by atoms with van der Waals surface area (Å²) in [5.41, 5.74) is 6.56. The van der Waals surface area contributed by atoms with Gasteiger partial charge in [0.15, 0.2) is 0 Å². The van der Waals surface area contributed by atoms with Crippen LogP contribution in [0.15, 0.2) is 18.2 Å². The minimum atomic E-state index is -0.266. The molecule has 0 saturated carbocycles. The fraction of sp³-hybridized carbons (Fsp3) is 0.500. The lowest BCUT2D eigenvalue weighted by Gasteiger charge is -2.37. The predicted octanol–water partition coefficient (Wildman–Crippen LogP) is 0.717. The number of hydrogen-bond donors (Lipinski definition) is 2. The summed E-state index contributed by atoms with van der Waals surface area (Å²) >= 11 is 0. The molecule has 2 atom stereocenters. The summed E-state index contributed by atoms with van der Waals surface area (Å²) in [6.45, 7) is 3.93. The highest BCUT2D eigenvalue weighted by atomic mass is 19.1. The van der Waals surface area contributed by atoms with Crippen molar-refractivity contribution in [2.45, 2.75) is 25.6 Å². The number of hydrogen-bond acceptors (Lipinski definition) is 4. The van der Waals surface area contributed by atoms with E-state index < -0.39 is 0 Å². The van der Waals surface area contributed by atoms with Gasteiger partial charge in [0.1, 0.15) is 5.82 Å². The van der Waals surface area contributed by atoms with Crippen LogP contribution in [0.2, 0.25) is 0 Å². The molecule has 0 spiro atoms. The molecule has 1 saturated heterocycles. The van der Waals surface area contributed by atoms with Gasteiger partial charge >= 0.3 is 0 Å². The number of halogens is 1. The normalized spacial score (nSPS) is 22.7. The molecule has 1 aromatic rings. The van der Waals surface area contributed by atoms with Gasteiger partial charge in [0.25, 0.3) is 0 Å². The van der Waals surface area contributed by atoms with E-state index in [1.165, 1.54) is 6.07 Å². The number of aliphatic hydroxyl groups is 1. The summed E-state index contributed by atoms with van der Waals surface area (Å²) in [6, 6.07) is 5.19. The highest BCUT2D eigenvalue weighted by Gasteiger charge is 2.26. The SMILES string of the molecule is CC1COC(CO)CN1Cc1ccc(C#CCN)cc1F. The molecular formula is C16H21FN2O2. The Morgan fingerprint density at radius 3 is 3.00 bits per heavy atom. The van der Waals surface area contributed by atoms with Gasteiger partial charge in [0.05, 0.1) is 25.9 Å². The van der Waals surface area contributed by atoms with Crippen molar-refractivity contribution in [3.63, 3.8) is 0 Å². The lowest BCUT2D eigenvalue weighted by atomic mass is 10.1. The molecule has 114 valence electrons. The molecule has 0 radical (unpaired) electrons. The Morgan fingerprint density at radius 2 is 2.33 bits per heavy atom. The van der Waals surface area contributed by atoms with Crippen molar-refractivity contribution in [2.24, 2.45) is 5.73 Å². The van der Waals surface area contributed by atoms with Crippen LogP contribution in [0.25, 0.3) is 0 Å². The third-order valence-corrected chi connectivity index (χ3v) is 3.60. The number of aliphatic hydroxyl groups excluding tert-OH is 1. The van der Waals surface area contributed by atoms with Crippen molar-refractivity contribution in [3.05, 3.63) is 35.1 Å². The van der Waals surface area contributed by atoms with Gasteiger partial charge in [-0.15, -0.1) is 0 Å². The second kappa shape index (κ2) is 7.53. The Balaban J connectivity index is 2.08. The molecule has 5 heteroatoms. The van der Waals surface area contributed by atoms with Crippen molar-refractivity contribution in [1.82, 2.24) is 4.90 Å². The van der Waals surface area contributed by atoms with Crippen LogP contribution in [-0.2, 0) is 11.3 Å². The second-order valence-corrected chi connectivity index (χ2v) is 5.23. The van der Waals surface area contributed by atoms with Crippen LogP contribution in [0.1, 0.15) is 18.1 Å². The molecule has 1 aromatic carbocycles. The highest BCUT2D eigenvalue weighted by molar-refractivity contribution is 5.37. The summed E-state index contributed by atoms with van der Waals surface area (Å²) < 4.78 is 19.6. The zero-order valence-corrected chi connectivity index (χ0v) is 12.2. The monoisotopic (exact) mass is 292 g/mol. The van der Waals surface area contributed by atoms with E-state index in [9.17, 15) is 9.50 Å². The molecule has 0 amide bonds. The van der Waals surface area contributed by atoms with Crippen LogP contribution in [0.5, 0.6) is 0 Å². The van der Waals surface area contributed by atoms with Crippen molar-refractivity contribution in [1.29, 1.82) is 0 Å². The fourth-order valence-electron chi connectivity index (χ4n) is 2.33. The Hall–Kier alpha value is -1.45. The molecule has 1 fully saturated rings. The number of nitrogens with zero attached hydrogens (tertiary/aromatic N) is 1. The topological polar surface area (TPSA) is 58.7 Å². The summed E-state index contributed by atoms with van der Waals surface area (Å²) in [5.74, 6) is 5.26. The van der Waals surface area contributed by atoms with Gasteiger partial charge in [-0.25, -0.2) is 4.39 Å². The molecule has 2 unspecified atom stereocenters. The van der Waals surface area contributed by atoms with Gasteiger partial charge in [-0.05, 0) is 19.1 Å². The van der Waals surface area contributed by atoms with Gasteiger partial charge in [0.2, 0.25) is 0 Å². The number of ether oxygens (including phenoxy) is 1. The maximum Gasteiger partial charge on any atom is 0.128 e. The van der Waals surface area contributed by atoms with Gasteiger partial charge in [-0.1, -0.05) is 17.9 Å². The van der Waals surface area contributed by atoms with Crippen molar-refractivity contribution >= 4 is 0 Å². The van der Waals surface area contributed by atoms with E-state index in [2.05, 4.69) is 16.7 Å². The van der Waals surface area contributed by atoms with Gasteiger partial charge in [-0.2, -0.15) is 0 Å². The molecule has 2 rings (SSSR count). The van der Waals surface area contributed by atoms with Gasteiger partial charge in [0, 0.05) is 30.3 Å². The number of nitrogens with two attached hydrogens (primary N) is 1. The van der Waals surface area contributed by atoms with E-state index in [1.54, 1.807) is 12.1 Å². The van der Waals surface area contributed by atoms with Crippen LogP contribution in [0.3, 0.4) is 0 Å². The molecule has 1 heterocycles. The van der Waals surface area contributed by atoms with Crippen molar-refractivity contribution in [2.75, 3.05) is 26.3 Å². The van der Waals surface area contributed by atoms with E-state index in [-0.39, 0.29) is 31.1 Å². The minimum absolute atomic E-state index is 0.0146. The van der Waals surface area contributed by atoms with Crippen LogP contribution < -0.4 is 5.73 Å². The molecule has 1 aliphatic rings. The molecule has 0 aromatic heterocycles. The first-order valence-electron chi connectivity index (χ1n) is 7.08. The van der Waals surface area contributed by atoms with E-state index in [4.69, 9.17) is 10.5 Å².